The Bertz CT molecular complexity index is 165. The van der Waals surface area contributed by atoms with Crippen molar-refractivity contribution in [2.24, 2.45) is 0 Å². The van der Waals surface area contributed by atoms with Crippen LogP contribution in [0.25, 0.3) is 0 Å². The van der Waals surface area contributed by atoms with Gasteiger partial charge in [0.25, 0.3) is 0 Å². The van der Waals surface area contributed by atoms with Crippen LogP contribution in [0.4, 0.5) is 0 Å². The van der Waals surface area contributed by atoms with Crippen molar-refractivity contribution < 1.29 is 184 Å². The first-order chi connectivity index (χ1) is 6.81. The van der Waals surface area contributed by atoms with E-state index < -0.39 is 17.9 Å². The minimum Gasteiger partial charge on any atom is -0.550 e. The Hall–Kier alpha value is 3.32. The Labute approximate surface area is 235 Å². The summed E-state index contributed by atoms with van der Waals surface area (Å²) in [5.41, 5.74) is 0. The zero-order valence-electron chi connectivity index (χ0n) is 12.1. The first-order valence-corrected chi connectivity index (χ1v) is 4.41. The molecule has 0 rings (SSSR count). The van der Waals surface area contributed by atoms with Gasteiger partial charge in [0.2, 0.25) is 0 Å². The Morgan fingerprint density at radius 1 is 0.611 bits per heavy atom. The predicted octanol–water partition coefficient (Wildman–Crippen LogP) is -11.5. The molecule has 0 atom stereocenters. The third-order valence-electron chi connectivity index (χ3n) is 0.866. The number of carboxylic acids is 3. The summed E-state index contributed by atoms with van der Waals surface area (Å²) in [5.74, 6) is -2.99. The van der Waals surface area contributed by atoms with Crippen LogP contribution in [0.5, 0.6) is 0 Å². The summed E-state index contributed by atoms with van der Waals surface area (Å²) in [5, 5.41) is 27.8. The zero-order chi connectivity index (χ0) is 12.9. The van der Waals surface area contributed by atoms with E-state index in [9.17, 15) is 29.7 Å². The second-order valence-electron chi connectivity index (χ2n) is 2.18. The largest absolute Gasteiger partial charge is 1.00 e. The molecule has 0 aromatic rings. The third kappa shape index (κ3) is 74.7. The maximum absolute atomic E-state index is 9.26. The van der Waals surface area contributed by atoms with E-state index in [1.807, 2.05) is 0 Å². The molecule has 0 spiro atoms. The van der Waals surface area contributed by atoms with Crippen LogP contribution in [-0.2, 0) is 14.4 Å². The fourth-order valence-corrected chi connectivity index (χ4v) is 0. The second-order valence-corrected chi connectivity index (χ2v) is 2.18. The molecule has 0 heterocycles. The third-order valence-corrected chi connectivity index (χ3v) is 0.866. The molecular weight excluding hydrogens is 321 g/mol. The average molecular weight is 337 g/mol. The van der Waals surface area contributed by atoms with Crippen LogP contribution < -0.4 is 169 Å². The molecule has 0 radical (unpaired) electrons. The van der Waals surface area contributed by atoms with Crippen molar-refractivity contribution >= 4 is 17.9 Å². The molecule has 0 amide bonds. The molecule has 9 heteroatoms. The van der Waals surface area contributed by atoms with Crippen molar-refractivity contribution in [2.75, 3.05) is 0 Å². The van der Waals surface area contributed by atoms with Crippen LogP contribution in [0, 0.1) is 0 Å². The van der Waals surface area contributed by atoms with Crippen LogP contribution in [0.15, 0.2) is 0 Å². The monoisotopic (exact) mass is 336 g/mol. The van der Waals surface area contributed by atoms with Gasteiger partial charge in [-0.2, -0.15) is 0 Å². The number of rotatable bonds is 3. The summed E-state index contributed by atoms with van der Waals surface area (Å²) in [4.78, 5) is 27.8. The molecule has 6 nitrogen and oxygen atoms in total. The molecule has 0 saturated carbocycles. The van der Waals surface area contributed by atoms with Crippen molar-refractivity contribution in [1.82, 2.24) is 0 Å². The maximum atomic E-state index is 9.26. The van der Waals surface area contributed by atoms with Gasteiger partial charge in [0.05, 0.1) is 0 Å². The maximum Gasteiger partial charge on any atom is 1.00 e. The summed E-state index contributed by atoms with van der Waals surface area (Å²) in [6, 6.07) is 0. The van der Waals surface area contributed by atoms with Crippen LogP contribution in [-0.4, -0.2) is 17.9 Å². The SMILES string of the molecule is CCC(=O)[O-].CCC(=O)[O-].CCC(=O)[O-].[K+].[K+].[K+]. The van der Waals surface area contributed by atoms with Gasteiger partial charge >= 0.3 is 154 Å². The Morgan fingerprint density at radius 3 is 0.667 bits per heavy atom. The van der Waals surface area contributed by atoms with Crippen LogP contribution in [0.3, 0.4) is 0 Å². The summed E-state index contributed by atoms with van der Waals surface area (Å²) >= 11 is 0. The molecule has 90 valence electrons. The summed E-state index contributed by atoms with van der Waals surface area (Å²) in [6.07, 6.45) is 0.333. The molecule has 0 N–H and O–H groups in total. The number of hydrogen-bond acceptors (Lipinski definition) is 6. The number of hydrogen-bond donors (Lipinski definition) is 0. The molecule has 0 aliphatic rings. The van der Waals surface area contributed by atoms with Crippen LogP contribution in [0.1, 0.15) is 40.0 Å². The molecule has 0 saturated heterocycles. The molecule has 0 aliphatic carbocycles. The normalized spacial score (nSPS) is 6.17. The van der Waals surface area contributed by atoms with E-state index in [-0.39, 0.29) is 173 Å². The number of carboxylic acid groups (broad SMARTS) is 3. The van der Waals surface area contributed by atoms with Crippen molar-refractivity contribution in [3.63, 3.8) is 0 Å². The number of carbonyl (C=O) groups is 3. The number of aliphatic carboxylic acids is 3. The quantitative estimate of drug-likeness (QED) is 0.472. The van der Waals surface area contributed by atoms with Crippen LogP contribution in [0.2, 0.25) is 0 Å². The van der Waals surface area contributed by atoms with E-state index in [1.165, 1.54) is 20.8 Å². The van der Waals surface area contributed by atoms with Crippen molar-refractivity contribution in [1.29, 1.82) is 0 Å². The average Bonchev–Trinajstić information content (AvgIpc) is 2.19. The molecule has 0 unspecified atom stereocenters. The van der Waals surface area contributed by atoms with Crippen LogP contribution >= 0.6 is 0 Å². The zero-order valence-corrected chi connectivity index (χ0v) is 21.4. The van der Waals surface area contributed by atoms with Gasteiger partial charge < -0.3 is 29.7 Å². The van der Waals surface area contributed by atoms with Gasteiger partial charge in [0.15, 0.2) is 0 Å². The molecule has 0 fully saturated rings. The molecule has 0 aromatic heterocycles. The molecule has 0 aliphatic heterocycles. The van der Waals surface area contributed by atoms with Gasteiger partial charge in [0, 0.05) is 17.9 Å². The Balaban J connectivity index is -0.0000000277. The van der Waals surface area contributed by atoms with E-state index in [0.717, 1.165) is 0 Å². The van der Waals surface area contributed by atoms with E-state index >= 15 is 0 Å². The Kier molecular flexibility index (Phi) is 67.3. The van der Waals surface area contributed by atoms with Gasteiger partial charge in [-0.3, -0.25) is 0 Å². The van der Waals surface area contributed by atoms with E-state index in [1.54, 1.807) is 0 Å². The summed E-state index contributed by atoms with van der Waals surface area (Å²) < 4.78 is 0. The van der Waals surface area contributed by atoms with Crippen molar-refractivity contribution in [3.8, 4) is 0 Å². The van der Waals surface area contributed by atoms with E-state index in [0.29, 0.717) is 0 Å². The fourth-order valence-electron chi connectivity index (χ4n) is 0. The molecule has 18 heavy (non-hydrogen) atoms. The standard InChI is InChI=1S/3C3H6O2.3K/c3*1-2-3(4)5;;;/h3*2H2,1H3,(H,4,5);;;/q;;;3*+1/p-3. The predicted molar refractivity (Wildman–Crippen MR) is 45.9 cm³/mol. The fraction of sp³-hybridized carbons (Fsp3) is 0.667. The summed E-state index contributed by atoms with van der Waals surface area (Å²) in [6.45, 7) is 4.61. The Morgan fingerprint density at radius 2 is 0.667 bits per heavy atom. The van der Waals surface area contributed by atoms with Gasteiger partial charge in [-0.1, -0.05) is 20.8 Å². The molecular formula is C9H15K3O6. The first-order valence-electron chi connectivity index (χ1n) is 4.41. The summed E-state index contributed by atoms with van der Waals surface area (Å²) in [7, 11) is 0. The first kappa shape index (κ1) is 37.5. The van der Waals surface area contributed by atoms with Gasteiger partial charge in [-0.05, 0) is 19.3 Å². The van der Waals surface area contributed by atoms with Gasteiger partial charge in [-0.25, -0.2) is 0 Å². The number of carbonyl (C=O) groups excluding carboxylic acids is 3. The smallest absolute Gasteiger partial charge is 0.550 e. The second kappa shape index (κ2) is 32.3. The molecule has 0 aromatic carbocycles. The minimum atomic E-state index is -0.995. The minimum absolute atomic E-state index is 0. The van der Waals surface area contributed by atoms with Crippen molar-refractivity contribution in [2.45, 2.75) is 40.0 Å². The van der Waals surface area contributed by atoms with E-state index in [2.05, 4.69) is 0 Å². The topological polar surface area (TPSA) is 120 Å². The van der Waals surface area contributed by atoms with E-state index in [4.69, 9.17) is 0 Å². The van der Waals surface area contributed by atoms with Gasteiger partial charge in [-0.15, -0.1) is 0 Å². The van der Waals surface area contributed by atoms with Gasteiger partial charge in [0.1, 0.15) is 0 Å². The molecule has 0 bridgehead atoms. The van der Waals surface area contributed by atoms with Crippen molar-refractivity contribution in [3.05, 3.63) is 0 Å².